The van der Waals surface area contributed by atoms with Crippen molar-refractivity contribution in [1.29, 1.82) is 0 Å². The molecule has 0 saturated carbocycles. The molecule has 0 amide bonds. The van der Waals surface area contributed by atoms with Crippen LogP contribution in [-0.2, 0) is 9.57 Å². The second-order valence-corrected chi connectivity index (χ2v) is 7.32. The van der Waals surface area contributed by atoms with E-state index in [4.69, 9.17) is 21.2 Å². The van der Waals surface area contributed by atoms with Crippen molar-refractivity contribution in [2.24, 2.45) is 10.6 Å². The Morgan fingerprint density at radius 1 is 1.29 bits per heavy atom. The van der Waals surface area contributed by atoms with Crippen LogP contribution in [-0.4, -0.2) is 74.3 Å². The second-order valence-electron chi connectivity index (χ2n) is 6.97. The lowest BCUT2D eigenvalue weighted by molar-refractivity contribution is 0.0146. The van der Waals surface area contributed by atoms with Crippen LogP contribution < -0.4 is 5.32 Å². The van der Waals surface area contributed by atoms with E-state index in [1.165, 1.54) is 19.3 Å². The van der Waals surface area contributed by atoms with E-state index in [-0.39, 0.29) is 12.0 Å². The number of methoxy groups -OCH3 is 1. The highest BCUT2D eigenvalue weighted by Gasteiger charge is 2.37. The molecule has 2 aliphatic rings. The van der Waals surface area contributed by atoms with Crippen LogP contribution >= 0.6 is 11.6 Å². The average molecular weight is 362 g/mol. The lowest BCUT2D eigenvalue weighted by atomic mass is 9.77. The largest absolute Gasteiger partial charge is 0.392 e. The molecule has 2 fully saturated rings. The number of piperidine rings is 2. The molecule has 0 aromatic carbocycles. The van der Waals surface area contributed by atoms with E-state index in [2.05, 4.69) is 15.4 Å². The molecule has 24 heavy (non-hydrogen) atoms. The molecule has 0 aromatic heterocycles. The lowest BCUT2D eigenvalue weighted by Crippen LogP contribution is -2.41. The van der Waals surface area contributed by atoms with Gasteiger partial charge in [0.15, 0.2) is 5.17 Å². The average Bonchev–Trinajstić information content (AvgIpc) is 2.61. The zero-order valence-electron chi connectivity index (χ0n) is 14.8. The van der Waals surface area contributed by atoms with Crippen molar-refractivity contribution < 1.29 is 14.7 Å². The van der Waals surface area contributed by atoms with Crippen molar-refractivity contribution in [3.63, 3.8) is 0 Å². The number of hydrogen-bond acceptors (Lipinski definition) is 6. The fourth-order valence-electron chi connectivity index (χ4n) is 3.53. The van der Waals surface area contributed by atoms with Gasteiger partial charge < -0.3 is 24.9 Å². The first kappa shape index (κ1) is 19.9. The third-order valence-electron chi connectivity index (χ3n) is 5.11. The number of rotatable bonds is 9. The maximum atomic E-state index is 10.1. The van der Waals surface area contributed by atoms with E-state index in [9.17, 15) is 5.11 Å². The van der Waals surface area contributed by atoms with Crippen LogP contribution in [0.4, 0.5) is 0 Å². The van der Waals surface area contributed by atoms with Crippen molar-refractivity contribution in [3.05, 3.63) is 0 Å². The first-order chi connectivity index (χ1) is 11.7. The van der Waals surface area contributed by atoms with E-state index in [0.29, 0.717) is 18.3 Å². The van der Waals surface area contributed by atoms with Crippen LogP contribution in [0.2, 0.25) is 0 Å². The predicted molar refractivity (Wildman–Crippen MR) is 96.6 cm³/mol. The molecule has 0 spiro atoms. The molecule has 2 rings (SSSR count). The molecule has 140 valence electrons. The van der Waals surface area contributed by atoms with Crippen LogP contribution in [0.25, 0.3) is 0 Å². The van der Waals surface area contributed by atoms with Gasteiger partial charge >= 0.3 is 0 Å². The maximum Gasteiger partial charge on any atom is 0.151 e. The molecule has 1 atom stereocenters. The van der Waals surface area contributed by atoms with Gasteiger partial charge in [0.05, 0.1) is 0 Å². The van der Waals surface area contributed by atoms with Crippen molar-refractivity contribution in [2.75, 3.05) is 53.0 Å². The fourth-order valence-corrected chi connectivity index (χ4v) is 3.86. The molecule has 0 aromatic rings. The topological polar surface area (TPSA) is 66.3 Å². The van der Waals surface area contributed by atoms with Gasteiger partial charge in [-0.15, -0.1) is 0 Å². The van der Waals surface area contributed by atoms with E-state index in [1.807, 2.05) is 0 Å². The minimum atomic E-state index is -0.528. The van der Waals surface area contributed by atoms with Crippen LogP contribution in [0.5, 0.6) is 0 Å². The summed E-state index contributed by atoms with van der Waals surface area (Å²) < 4.78 is 5.23. The van der Waals surface area contributed by atoms with Crippen LogP contribution in [0.15, 0.2) is 5.16 Å². The Bertz CT molecular complexity index is 383. The molecule has 0 radical (unpaired) electrons. The van der Waals surface area contributed by atoms with Gasteiger partial charge in [-0.2, -0.15) is 0 Å². The summed E-state index contributed by atoms with van der Waals surface area (Å²) in [7, 11) is 1.70. The van der Waals surface area contributed by atoms with E-state index in [1.54, 1.807) is 7.11 Å². The van der Waals surface area contributed by atoms with E-state index < -0.39 is 6.10 Å². The summed E-state index contributed by atoms with van der Waals surface area (Å²) in [4.78, 5) is 7.66. The highest BCUT2D eigenvalue weighted by atomic mass is 35.5. The van der Waals surface area contributed by atoms with Gasteiger partial charge in [-0.25, -0.2) is 0 Å². The van der Waals surface area contributed by atoms with Gasteiger partial charge in [0, 0.05) is 25.7 Å². The Hall–Kier alpha value is -0.400. The maximum absolute atomic E-state index is 10.1. The molecule has 2 saturated heterocycles. The molecule has 1 unspecified atom stereocenters. The number of likely N-dealkylation sites (tertiary alicyclic amines) is 1. The Balaban J connectivity index is 1.79. The SMILES string of the molecule is COCCC1(C(Cl)=NOCC(O)CN2CCCCC2)CCNCC1. The molecule has 2 N–H and O–H groups in total. The van der Waals surface area contributed by atoms with Crippen LogP contribution in [0.3, 0.4) is 0 Å². The summed E-state index contributed by atoms with van der Waals surface area (Å²) in [5.74, 6) is 0. The van der Waals surface area contributed by atoms with Gasteiger partial charge in [0.2, 0.25) is 0 Å². The minimum absolute atomic E-state index is 0.166. The molecule has 2 heterocycles. The van der Waals surface area contributed by atoms with Crippen molar-refractivity contribution in [1.82, 2.24) is 10.2 Å². The normalized spacial score (nSPS) is 23.9. The first-order valence-electron chi connectivity index (χ1n) is 9.12. The number of hydrogen-bond donors (Lipinski definition) is 2. The molecule has 0 bridgehead atoms. The zero-order chi connectivity index (χ0) is 17.3. The predicted octanol–water partition coefficient (Wildman–Crippen LogP) is 1.81. The standard InChI is InChI=1S/C17H32ClN3O3/c1-23-12-7-17(5-8-19-9-6-17)16(18)20-24-14-15(22)13-21-10-3-2-4-11-21/h15,19,22H,2-14H2,1H3. The number of nitrogens with zero attached hydrogens (tertiary/aromatic N) is 2. The molecule has 2 aliphatic heterocycles. The zero-order valence-corrected chi connectivity index (χ0v) is 15.6. The van der Waals surface area contributed by atoms with E-state index >= 15 is 0 Å². The Labute approximate surface area is 150 Å². The van der Waals surface area contributed by atoms with E-state index in [0.717, 1.165) is 45.4 Å². The van der Waals surface area contributed by atoms with Gasteiger partial charge in [-0.3, -0.25) is 0 Å². The van der Waals surface area contributed by atoms with Crippen LogP contribution in [0, 0.1) is 5.41 Å². The number of aliphatic hydroxyl groups is 1. The lowest BCUT2D eigenvalue weighted by Gasteiger charge is -2.36. The second kappa shape index (κ2) is 10.6. The summed E-state index contributed by atoms with van der Waals surface area (Å²) in [6, 6.07) is 0. The summed E-state index contributed by atoms with van der Waals surface area (Å²) in [6.07, 6.45) is 5.89. The molecule has 0 aliphatic carbocycles. The van der Waals surface area contributed by atoms with Gasteiger partial charge in [0.25, 0.3) is 0 Å². The Morgan fingerprint density at radius 3 is 2.67 bits per heavy atom. The number of nitrogens with one attached hydrogen (secondary N) is 1. The monoisotopic (exact) mass is 361 g/mol. The summed E-state index contributed by atoms with van der Waals surface area (Å²) >= 11 is 6.48. The van der Waals surface area contributed by atoms with Crippen molar-refractivity contribution >= 4 is 16.8 Å². The van der Waals surface area contributed by atoms with Gasteiger partial charge in [-0.05, 0) is 58.3 Å². The third-order valence-corrected chi connectivity index (χ3v) is 5.58. The summed E-state index contributed by atoms with van der Waals surface area (Å²) in [5.41, 5.74) is -0.166. The highest BCUT2D eigenvalue weighted by Crippen LogP contribution is 2.36. The molecular weight excluding hydrogens is 330 g/mol. The number of ether oxygens (including phenoxy) is 1. The minimum Gasteiger partial charge on any atom is -0.392 e. The number of oxime groups is 1. The Kier molecular flexibility index (Phi) is 8.76. The first-order valence-corrected chi connectivity index (χ1v) is 9.50. The van der Waals surface area contributed by atoms with Gasteiger partial charge in [-0.1, -0.05) is 23.2 Å². The molecule has 7 heteroatoms. The summed E-state index contributed by atoms with van der Waals surface area (Å²) in [6.45, 7) is 5.46. The molecular formula is C17H32ClN3O3. The number of halogens is 1. The number of aliphatic hydroxyl groups excluding tert-OH is 1. The van der Waals surface area contributed by atoms with Crippen molar-refractivity contribution in [2.45, 2.75) is 44.6 Å². The third kappa shape index (κ3) is 6.15. The smallest absolute Gasteiger partial charge is 0.151 e. The Morgan fingerprint density at radius 2 is 2.00 bits per heavy atom. The quantitative estimate of drug-likeness (QED) is 0.484. The highest BCUT2D eigenvalue weighted by molar-refractivity contribution is 6.66. The number of β-amino-alcohol motifs (C(OH)–C–C–N with tert-alkyl or cyclic N) is 1. The van der Waals surface area contributed by atoms with Gasteiger partial charge in [0.1, 0.15) is 12.7 Å². The van der Waals surface area contributed by atoms with Crippen molar-refractivity contribution in [3.8, 4) is 0 Å². The fraction of sp³-hybridized carbons (Fsp3) is 0.941. The van der Waals surface area contributed by atoms with Crippen LogP contribution in [0.1, 0.15) is 38.5 Å². The summed E-state index contributed by atoms with van der Waals surface area (Å²) in [5, 5.41) is 18.1. The molecule has 6 nitrogen and oxygen atoms in total.